The standard InChI is InChI=1S/C18H23F3N2O4.Na/c1-17(2,3)27-16(26)23-9-7-22(8-10-23)14(15(24)25)12-5-4-6-13(11-12)18(19,20)21;/h4-6,11,14H,7-10H2,1-3H3,(H,24,25);/q;+1/p-1. The third-order valence-corrected chi connectivity index (χ3v) is 4.08. The molecule has 1 saturated heterocycles. The maximum Gasteiger partial charge on any atom is 1.00 e. The molecule has 1 heterocycles. The maximum absolute atomic E-state index is 12.9. The zero-order valence-electron chi connectivity index (χ0n) is 16.4. The van der Waals surface area contributed by atoms with Crippen LogP contribution in [-0.4, -0.2) is 53.6 Å². The fourth-order valence-corrected chi connectivity index (χ4v) is 2.87. The molecule has 0 radical (unpaired) electrons. The Hall–Kier alpha value is -1.29. The van der Waals surface area contributed by atoms with Crippen molar-refractivity contribution in [3.63, 3.8) is 0 Å². The summed E-state index contributed by atoms with van der Waals surface area (Å²) in [5.41, 5.74) is -1.58. The average Bonchev–Trinajstić information content (AvgIpc) is 2.53. The van der Waals surface area contributed by atoms with Crippen molar-refractivity contribution in [1.29, 1.82) is 0 Å². The van der Waals surface area contributed by atoms with Crippen molar-refractivity contribution in [2.75, 3.05) is 26.2 Å². The summed E-state index contributed by atoms with van der Waals surface area (Å²) in [6.07, 6.45) is -5.08. The fraction of sp³-hybridized carbons (Fsp3) is 0.556. The summed E-state index contributed by atoms with van der Waals surface area (Å²) in [6.45, 7) is 5.97. The molecule has 0 bridgehead atoms. The number of amides is 1. The van der Waals surface area contributed by atoms with Gasteiger partial charge in [-0.3, -0.25) is 4.90 Å². The Kier molecular flexibility index (Phi) is 8.37. The number of aliphatic carboxylic acids is 1. The molecule has 0 N–H and O–H groups in total. The maximum atomic E-state index is 12.9. The van der Waals surface area contributed by atoms with E-state index in [1.54, 1.807) is 20.8 Å². The summed E-state index contributed by atoms with van der Waals surface area (Å²) in [6, 6.07) is 2.88. The number of benzene rings is 1. The molecule has 2 rings (SSSR count). The Morgan fingerprint density at radius 3 is 2.14 bits per heavy atom. The second-order valence-corrected chi connectivity index (χ2v) is 7.35. The number of carboxylic acids is 1. The molecule has 1 aromatic carbocycles. The largest absolute Gasteiger partial charge is 1.00 e. The molecule has 1 atom stereocenters. The summed E-state index contributed by atoms with van der Waals surface area (Å²) in [7, 11) is 0. The summed E-state index contributed by atoms with van der Waals surface area (Å²) < 4.78 is 44.0. The van der Waals surface area contributed by atoms with E-state index in [0.717, 1.165) is 12.1 Å². The smallest absolute Gasteiger partial charge is 0.548 e. The van der Waals surface area contributed by atoms with Crippen LogP contribution in [0, 0.1) is 0 Å². The van der Waals surface area contributed by atoms with Crippen LogP contribution in [0.25, 0.3) is 0 Å². The van der Waals surface area contributed by atoms with Gasteiger partial charge in [0.15, 0.2) is 0 Å². The van der Waals surface area contributed by atoms with Crippen molar-refractivity contribution in [3.8, 4) is 0 Å². The van der Waals surface area contributed by atoms with Crippen molar-refractivity contribution < 1.29 is 62.2 Å². The van der Waals surface area contributed by atoms with Gasteiger partial charge >= 0.3 is 41.8 Å². The first-order valence-electron chi connectivity index (χ1n) is 8.48. The molecule has 28 heavy (non-hydrogen) atoms. The van der Waals surface area contributed by atoms with Gasteiger partial charge in [0, 0.05) is 26.2 Å². The van der Waals surface area contributed by atoms with Gasteiger partial charge < -0.3 is 19.5 Å². The van der Waals surface area contributed by atoms with Crippen LogP contribution in [0.3, 0.4) is 0 Å². The van der Waals surface area contributed by atoms with E-state index in [4.69, 9.17) is 4.74 Å². The van der Waals surface area contributed by atoms with E-state index in [9.17, 15) is 27.9 Å². The first-order chi connectivity index (χ1) is 12.4. The number of rotatable bonds is 3. The van der Waals surface area contributed by atoms with E-state index in [0.29, 0.717) is 0 Å². The monoisotopic (exact) mass is 410 g/mol. The van der Waals surface area contributed by atoms with Crippen molar-refractivity contribution in [1.82, 2.24) is 9.80 Å². The minimum Gasteiger partial charge on any atom is -0.548 e. The number of carboxylic acid groups (broad SMARTS) is 1. The molecule has 1 aromatic rings. The number of piperazine rings is 1. The first-order valence-corrected chi connectivity index (χ1v) is 8.48. The Morgan fingerprint density at radius 1 is 1.11 bits per heavy atom. The average molecular weight is 410 g/mol. The van der Waals surface area contributed by atoms with Gasteiger partial charge in [-0.15, -0.1) is 0 Å². The molecule has 0 spiro atoms. The topological polar surface area (TPSA) is 72.9 Å². The number of carbonyl (C=O) groups is 2. The third-order valence-electron chi connectivity index (χ3n) is 4.08. The molecule has 1 aliphatic rings. The van der Waals surface area contributed by atoms with Crippen molar-refractivity contribution >= 4 is 12.1 Å². The number of nitrogens with zero attached hydrogens (tertiary/aromatic N) is 2. The molecular weight excluding hydrogens is 388 g/mol. The summed E-state index contributed by atoms with van der Waals surface area (Å²) in [4.78, 5) is 26.6. The second kappa shape index (κ2) is 9.47. The third kappa shape index (κ3) is 6.65. The van der Waals surface area contributed by atoms with Gasteiger partial charge in [-0.25, -0.2) is 4.79 Å². The Balaban J connectivity index is 0.00000392. The molecule has 1 unspecified atom stereocenters. The molecule has 150 valence electrons. The molecule has 1 amide bonds. The van der Waals surface area contributed by atoms with Crippen molar-refractivity contribution in [2.24, 2.45) is 0 Å². The van der Waals surface area contributed by atoms with Crippen LogP contribution in [-0.2, 0) is 15.7 Å². The van der Waals surface area contributed by atoms with E-state index in [-0.39, 0.29) is 61.3 Å². The molecule has 0 saturated carbocycles. The Morgan fingerprint density at radius 2 is 1.68 bits per heavy atom. The minimum atomic E-state index is -4.57. The summed E-state index contributed by atoms with van der Waals surface area (Å²) in [5, 5.41) is 11.6. The number of ether oxygens (including phenoxy) is 1. The van der Waals surface area contributed by atoms with Gasteiger partial charge in [-0.2, -0.15) is 13.2 Å². The molecular formula is C18H22F3N2NaO4. The Labute approximate surface area is 183 Å². The van der Waals surface area contributed by atoms with Crippen molar-refractivity contribution in [2.45, 2.75) is 38.6 Å². The van der Waals surface area contributed by atoms with Gasteiger partial charge in [-0.05, 0) is 38.5 Å². The summed E-state index contributed by atoms with van der Waals surface area (Å²) in [5.74, 6) is -1.49. The molecule has 10 heteroatoms. The molecule has 6 nitrogen and oxygen atoms in total. The van der Waals surface area contributed by atoms with Crippen LogP contribution >= 0.6 is 0 Å². The summed E-state index contributed by atoms with van der Waals surface area (Å²) >= 11 is 0. The van der Waals surface area contributed by atoms with Crippen LogP contribution in [0.15, 0.2) is 24.3 Å². The minimum absolute atomic E-state index is 0. The zero-order valence-corrected chi connectivity index (χ0v) is 18.4. The normalized spacial score (nSPS) is 16.9. The number of carbonyl (C=O) groups excluding carboxylic acids is 2. The SMILES string of the molecule is CC(C)(C)OC(=O)N1CCN(C(C(=O)[O-])c2cccc(C(F)(F)F)c2)CC1.[Na+]. The number of halogens is 3. The van der Waals surface area contributed by atoms with Gasteiger partial charge in [0.25, 0.3) is 0 Å². The predicted octanol–water partition coefficient (Wildman–Crippen LogP) is -0.947. The van der Waals surface area contributed by atoms with E-state index in [1.165, 1.54) is 21.9 Å². The molecule has 1 fully saturated rings. The van der Waals surface area contributed by atoms with Crippen LogP contribution < -0.4 is 34.7 Å². The van der Waals surface area contributed by atoms with Gasteiger partial charge in [0.2, 0.25) is 0 Å². The number of alkyl halides is 3. The molecule has 0 aliphatic carbocycles. The van der Waals surface area contributed by atoms with Crippen LogP contribution in [0.1, 0.15) is 37.9 Å². The van der Waals surface area contributed by atoms with Crippen LogP contribution in [0.2, 0.25) is 0 Å². The van der Waals surface area contributed by atoms with E-state index in [1.807, 2.05) is 0 Å². The fourth-order valence-electron chi connectivity index (χ4n) is 2.87. The first kappa shape index (κ1) is 24.7. The van der Waals surface area contributed by atoms with Crippen LogP contribution in [0.5, 0.6) is 0 Å². The number of hydrogen-bond acceptors (Lipinski definition) is 5. The van der Waals surface area contributed by atoms with Crippen molar-refractivity contribution in [3.05, 3.63) is 35.4 Å². The van der Waals surface area contributed by atoms with Crippen LogP contribution in [0.4, 0.5) is 18.0 Å². The zero-order chi connectivity index (χ0) is 20.4. The van der Waals surface area contributed by atoms with Gasteiger partial charge in [-0.1, -0.05) is 12.1 Å². The van der Waals surface area contributed by atoms with E-state index in [2.05, 4.69) is 0 Å². The van der Waals surface area contributed by atoms with E-state index >= 15 is 0 Å². The van der Waals surface area contributed by atoms with E-state index < -0.39 is 35.4 Å². The molecule has 0 aromatic heterocycles. The van der Waals surface area contributed by atoms with Gasteiger partial charge in [0.1, 0.15) is 5.60 Å². The predicted molar refractivity (Wildman–Crippen MR) is 88.6 cm³/mol. The number of hydrogen-bond donors (Lipinski definition) is 0. The quantitative estimate of drug-likeness (QED) is 0.602. The van der Waals surface area contributed by atoms with Gasteiger partial charge in [0.05, 0.1) is 17.6 Å². The molecule has 1 aliphatic heterocycles. The second-order valence-electron chi connectivity index (χ2n) is 7.35. The Bertz CT molecular complexity index is 699.